The van der Waals surface area contributed by atoms with Gasteiger partial charge in [0.2, 0.25) is 0 Å². The van der Waals surface area contributed by atoms with Gasteiger partial charge in [-0.25, -0.2) is 4.79 Å². The number of unbranched alkanes of at least 4 members (excludes halogenated alkanes) is 8. The summed E-state index contributed by atoms with van der Waals surface area (Å²) in [5.74, 6) is 1.50. The van der Waals surface area contributed by atoms with E-state index in [-0.39, 0.29) is 6.29 Å². The maximum Gasteiger partial charge on any atom is 0.347 e. The van der Waals surface area contributed by atoms with E-state index < -0.39 is 12.1 Å². The number of esters is 1. The molecule has 0 saturated carbocycles. The molecule has 1 unspecified atom stereocenters. The van der Waals surface area contributed by atoms with Crippen molar-refractivity contribution in [3.8, 4) is 17.2 Å². The Bertz CT molecular complexity index is 1070. The highest BCUT2D eigenvalue weighted by Gasteiger charge is 2.17. The Hall–Kier alpha value is -3.17. The van der Waals surface area contributed by atoms with Crippen molar-refractivity contribution in [2.24, 2.45) is 10.2 Å². The van der Waals surface area contributed by atoms with E-state index in [2.05, 4.69) is 10.2 Å². The van der Waals surface area contributed by atoms with E-state index in [4.69, 9.17) is 28.4 Å². The number of nitrogens with zero attached hydrogens (tertiary/aromatic N) is 2. The van der Waals surface area contributed by atoms with Crippen molar-refractivity contribution in [3.63, 3.8) is 0 Å². The third kappa shape index (κ3) is 16.6. The molecule has 0 amide bonds. The Morgan fingerprint density at radius 3 is 1.98 bits per heavy atom. The molecule has 45 heavy (non-hydrogen) atoms. The lowest BCUT2D eigenvalue weighted by Crippen LogP contribution is -2.26. The van der Waals surface area contributed by atoms with Crippen LogP contribution in [0.4, 0.5) is 11.4 Å². The maximum atomic E-state index is 12.3. The number of ether oxygens (including phenoxy) is 6. The number of hydrogen-bond acceptors (Lipinski definition) is 9. The van der Waals surface area contributed by atoms with Gasteiger partial charge in [0.25, 0.3) is 0 Å². The lowest BCUT2D eigenvalue weighted by molar-refractivity contribution is -0.151. The maximum absolute atomic E-state index is 12.3. The summed E-state index contributed by atoms with van der Waals surface area (Å²) in [6.45, 7) is 12.7. The van der Waals surface area contributed by atoms with Gasteiger partial charge >= 0.3 is 5.97 Å². The van der Waals surface area contributed by atoms with E-state index in [9.17, 15) is 4.79 Å². The number of azo groups is 1. The third-order valence-electron chi connectivity index (χ3n) is 7.04. The second kappa shape index (κ2) is 24.1. The van der Waals surface area contributed by atoms with Crippen molar-refractivity contribution in [1.82, 2.24) is 0 Å². The van der Waals surface area contributed by atoms with Gasteiger partial charge in [-0.2, -0.15) is 5.11 Å². The van der Waals surface area contributed by atoms with E-state index in [1.54, 1.807) is 19.1 Å². The predicted octanol–water partition coefficient (Wildman–Crippen LogP) is 9.90. The van der Waals surface area contributed by atoms with Crippen LogP contribution in [0, 0.1) is 0 Å². The van der Waals surface area contributed by atoms with Crippen molar-refractivity contribution in [3.05, 3.63) is 42.5 Å². The zero-order valence-corrected chi connectivity index (χ0v) is 28.3. The molecule has 2 rings (SSSR count). The molecule has 0 radical (unpaired) electrons. The molecule has 0 aromatic heterocycles. The van der Waals surface area contributed by atoms with Crippen LogP contribution in [0.3, 0.4) is 0 Å². The smallest absolute Gasteiger partial charge is 0.347 e. The Morgan fingerprint density at radius 1 is 0.689 bits per heavy atom. The zero-order valence-electron chi connectivity index (χ0n) is 28.3. The fraction of sp³-hybridized carbons (Fsp3) is 0.639. The van der Waals surface area contributed by atoms with Gasteiger partial charge in [0, 0.05) is 19.3 Å². The minimum Gasteiger partial charge on any atom is -0.494 e. The summed E-state index contributed by atoms with van der Waals surface area (Å²) >= 11 is 0. The molecule has 0 aliphatic heterocycles. The summed E-state index contributed by atoms with van der Waals surface area (Å²) in [5.41, 5.74) is 1.22. The zero-order chi connectivity index (χ0) is 32.5. The van der Waals surface area contributed by atoms with Crippen LogP contribution in [0.25, 0.3) is 0 Å². The van der Waals surface area contributed by atoms with Gasteiger partial charge in [0.15, 0.2) is 12.4 Å². The summed E-state index contributed by atoms with van der Waals surface area (Å²) in [5, 5.41) is 8.87. The number of rotatable bonds is 26. The van der Waals surface area contributed by atoms with E-state index in [1.165, 1.54) is 32.1 Å². The third-order valence-corrected chi connectivity index (χ3v) is 7.04. The first-order valence-electron chi connectivity index (χ1n) is 17.0. The summed E-state index contributed by atoms with van der Waals surface area (Å²) in [6.07, 6.45) is 11.3. The molecule has 0 spiro atoms. The van der Waals surface area contributed by atoms with Crippen LogP contribution in [0.15, 0.2) is 52.7 Å². The molecule has 252 valence electrons. The van der Waals surface area contributed by atoms with Crippen LogP contribution < -0.4 is 14.2 Å². The quantitative estimate of drug-likeness (QED) is 0.0443. The highest BCUT2D eigenvalue weighted by molar-refractivity contribution is 5.74. The van der Waals surface area contributed by atoms with Crippen LogP contribution in [-0.4, -0.2) is 51.4 Å². The highest BCUT2D eigenvalue weighted by atomic mass is 16.7. The molecule has 9 nitrogen and oxygen atoms in total. The standard InChI is InChI=1S/C36H56N2O7/c1-6-10-26-44-36(39)29(5)45-32-24-25-34(33(28-32)38-37-30-20-22-31(23-21-30)40-7-2)43-27-18-16-14-12-11-13-15-17-19-35(41-8-3)42-9-4/h20-25,28-29,35H,6-19,26-27H2,1-5H3. The van der Waals surface area contributed by atoms with Crippen LogP contribution in [0.5, 0.6) is 17.2 Å². The highest BCUT2D eigenvalue weighted by Crippen LogP contribution is 2.34. The van der Waals surface area contributed by atoms with Crippen LogP contribution in [0.2, 0.25) is 0 Å². The van der Waals surface area contributed by atoms with Crippen LogP contribution in [-0.2, 0) is 19.0 Å². The van der Waals surface area contributed by atoms with Crippen molar-refractivity contribution in [2.75, 3.05) is 33.0 Å². The molecule has 2 aromatic rings. The molecule has 0 bridgehead atoms. The largest absolute Gasteiger partial charge is 0.494 e. The van der Waals surface area contributed by atoms with Crippen LogP contribution in [0.1, 0.15) is 105 Å². The van der Waals surface area contributed by atoms with Crippen LogP contribution >= 0.6 is 0 Å². The van der Waals surface area contributed by atoms with Crippen molar-refractivity contribution in [2.45, 2.75) is 118 Å². The van der Waals surface area contributed by atoms with E-state index in [0.717, 1.165) is 44.3 Å². The number of carbonyl (C=O) groups is 1. The molecule has 0 heterocycles. The van der Waals surface area contributed by atoms with Gasteiger partial charge in [-0.05, 0) is 89.8 Å². The first kappa shape index (κ1) is 38.0. The Kier molecular flexibility index (Phi) is 20.4. The molecular formula is C36H56N2O7. The lowest BCUT2D eigenvalue weighted by atomic mass is 10.1. The van der Waals surface area contributed by atoms with Gasteiger partial charge in [-0.1, -0.05) is 51.9 Å². The monoisotopic (exact) mass is 628 g/mol. The minimum absolute atomic E-state index is 0.0550. The second-order valence-corrected chi connectivity index (χ2v) is 10.8. The molecule has 0 saturated heterocycles. The average molecular weight is 629 g/mol. The van der Waals surface area contributed by atoms with Gasteiger partial charge in [-0.3, -0.25) is 0 Å². The second-order valence-electron chi connectivity index (χ2n) is 10.8. The number of hydrogen-bond donors (Lipinski definition) is 0. The van der Waals surface area contributed by atoms with Crippen molar-refractivity contribution < 1.29 is 33.2 Å². The van der Waals surface area contributed by atoms with Gasteiger partial charge in [-0.15, -0.1) is 5.11 Å². The van der Waals surface area contributed by atoms with E-state index in [0.29, 0.717) is 55.9 Å². The summed E-state index contributed by atoms with van der Waals surface area (Å²) in [4.78, 5) is 12.3. The molecule has 0 fully saturated rings. The summed E-state index contributed by atoms with van der Waals surface area (Å²) < 4.78 is 34.1. The minimum atomic E-state index is -0.744. The lowest BCUT2D eigenvalue weighted by Gasteiger charge is -2.16. The molecule has 0 aliphatic rings. The van der Waals surface area contributed by atoms with Crippen molar-refractivity contribution in [1.29, 1.82) is 0 Å². The first-order valence-corrected chi connectivity index (χ1v) is 17.0. The first-order chi connectivity index (χ1) is 22.0. The fourth-order valence-corrected chi connectivity index (χ4v) is 4.59. The van der Waals surface area contributed by atoms with E-state index in [1.807, 2.05) is 58.0 Å². The predicted molar refractivity (Wildman–Crippen MR) is 178 cm³/mol. The molecule has 0 aliphatic carbocycles. The number of benzene rings is 2. The van der Waals surface area contributed by atoms with Crippen molar-refractivity contribution >= 4 is 17.3 Å². The summed E-state index contributed by atoms with van der Waals surface area (Å²) in [7, 11) is 0. The van der Waals surface area contributed by atoms with Gasteiger partial charge in [0.05, 0.1) is 25.5 Å². The summed E-state index contributed by atoms with van der Waals surface area (Å²) in [6, 6.07) is 12.8. The molecular weight excluding hydrogens is 572 g/mol. The normalized spacial score (nSPS) is 12.0. The SMILES string of the molecule is CCCCOC(=O)C(C)Oc1ccc(OCCCCCCCCCCC(OCC)OCC)c(N=Nc2ccc(OCC)cc2)c1. The molecule has 1 atom stereocenters. The Balaban J connectivity index is 1.85. The van der Waals surface area contributed by atoms with Gasteiger partial charge in [0.1, 0.15) is 22.9 Å². The number of carbonyl (C=O) groups excluding carboxylic acids is 1. The Morgan fingerprint density at radius 2 is 1.33 bits per heavy atom. The molecule has 2 aromatic carbocycles. The Labute approximate surface area is 271 Å². The van der Waals surface area contributed by atoms with E-state index >= 15 is 0 Å². The average Bonchev–Trinajstić information content (AvgIpc) is 3.04. The fourth-order valence-electron chi connectivity index (χ4n) is 4.59. The molecule has 9 heteroatoms. The molecule has 0 N–H and O–H groups in total. The topological polar surface area (TPSA) is 97.2 Å². The van der Waals surface area contributed by atoms with Gasteiger partial charge < -0.3 is 28.4 Å².